The first-order chi connectivity index (χ1) is 15.7. The summed E-state index contributed by atoms with van der Waals surface area (Å²) >= 11 is 7.10. The van der Waals surface area contributed by atoms with Gasteiger partial charge in [-0.05, 0) is 64.1 Å². The number of methoxy groups -OCH3 is 1. The number of carbonyl (C=O) groups excluding carboxylic acids is 2. The lowest BCUT2D eigenvalue weighted by Crippen LogP contribution is -2.53. The third kappa shape index (κ3) is 5.54. The maximum Gasteiger partial charge on any atom is 0.269 e. The molecular formula is C22H18IN3O6S. The van der Waals surface area contributed by atoms with Crippen molar-refractivity contribution in [2.45, 2.75) is 6.61 Å². The quantitative estimate of drug-likeness (QED) is 0.0968. The topological polar surface area (TPSA) is 111 Å². The fourth-order valence-electron chi connectivity index (χ4n) is 3.03. The number of non-ortho nitro benzene ring substituents is 1. The molecule has 1 N–H and O–H groups in total. The number of nitro benzene ring substituents is 1. The average Bonchev–Trinajstić information content (AvgIpc) is 2.78. The Morgan fingerprint density at radius 3 is 2.73 bits per heavy atom. The van der Waals surface area contributed by atoms with E-state index in [1.54, 1.807) is 24.3 Å². The first-order valence-electron chi connectivity index (χ1n) is 9.48. The van der Waals surface area contributed by atoms with Crippen molar-refractivity contribution in [3.8, 4) is 11.5 Å². The van der Waals surface area contributed by atoms with Gasteiger partial charge in [-0.1, -0.05) is 18.2 Å². The Labute approximate surface area is 208 Å². The number of rotatable bonds is 8. The number of amides is 2. The van der Waals surface area contributed by atoms with Gasteiger partial charge in [-0.25, -0.2) is 0 Å². The van der Waals surface area contributed by atoms with E-state index in [2.05, 4.69) is 11.9 Å². The van der Waals surface area contributed by atoms with Crippen LogP contribution in [-0.4, -0.2) is 40.4 Å². The Morgan fingerprint density at radius 2 is 2.06 bits per heavy atom. The molecule has 1 saturated heterocycles. The highest BCUT2D eigenvalue weighted by Gasteiger charge is 2.32. The molecule has 2 amide bonds. The predicted molar refractivity (Wildman–Crippen MR) is 134 cm³/mol. The molecular weight excluding hydrogens is 561 g/mol. The minimum Gasteiger partial charge on any atom is -0.493 e. The molecule has 0 saturated carbocycles. The molecule has 33 heavy (non-hydrogen) atoms. The van der Waals surface area contributed by atoms with Crippen molar-refractivity contribution in [3.63, 3.8) is 0 Å². The van der Waals surface area contributed by atoms with Crippen LogP contribution in [0, 0.1) is 13.7 Å². The Morgan fingerprint density at radius 1 is 1.30 bits per heavy atom. The fraction of sp³-hybridized carbons (Fsp3) is 0.136. The third-order valence-corrected chi connectivity index (χ3v) is 5.69. The fourth-order valence-corrected chi connectivity index (χ4v) is 4.07. The molecule has 0 spiro atoms. The second kappa shape index (κ2) is 10.5. The van der Waals surface area contributed by atoms with Crippen molar-refractivity contribution in [1.29, 1.82) is 0 Å². The van der Waals surface area contributed by atoms with Gasteiger partial charge in [-0.3, -0.25) is 29.9 Å². The molecule has 2 aromatic rings. The highest BCUT2D eigenvalue weighted by Crippen LogP contribution is 2.35. The Kier molecular flexibility index (Phi) is 7.76. The smallest absolute Gasteiger partial charge is 0.269 e. The zero-order valence-corrected chi connectivity index (χ0v) is 20.3. The number of hydrogen-bond donors (Lipinski definition) is 1. The average molecular weight is 579 g/mol. The van der Waals surface area contributed by atoms with Crippen LogP contribution in [0.25, 0.3) is 6.08 Å². The van der Waals surface area contributed by atoms with Crippen molar-refractivity contribution in [1.82, 2.24) is 10.2 Å². The van der Waals surface area contributed by atoms with Crippen LogP contribution >= 0.6 is 34.8 Å². The molecule has 0 aromatic heterocycles. The largest absolute Gasteiger partial charge is 0.493 e. The van der Waals surface area contributed by atoms with E-state index in [-0.39, 0.29) is 29.5 Å². The van der Waals surface area contributed by atoms with Gasteiger partial charge in [0.15, 0.2) is 16.6 Å². The lowest BCUT2D eigenvalue weighted by atomic mass is 10.1. The van der Waals surface area contributed by atoms with Crippen molar-refractivity contribution >= 4 is 63.5 Å². The van der Waals surface area contributed by atoms with Gasteiger partial charge in [0.2, 0.25) is 0 Å². The number of carbonyl (C=O) groups is 2. The molecule has 170 valence electrons. The number of hydrogen-bond acceptors (Lipinski definition) is 7. The van der Waals surface area contributed by atoms with E-state index >= 15 is 0 Å². The molecule has 1 fully saturated rings. The SMILES string of the molecule is C=CCN1C(=O)/C(=C/c2cc(I)c(OCc3cccc([N+](=O)[O-])c3)c(OC)c2)C(=O)NC1=S. The van der Waals surface area contributed by atoms with Crippen molar-refractivity contribution < 1.29 is 24.0 Å². The van der Waals surface area contributed by atoms with E-state index in [9.17, 15) is 19.7 Å². The second-order valence-electron chi connectivity index (χ2n) is 6.77. The van der Waals surface area contributed by atoms with Gasteiger partial charge in [0.1, 0.15) is 12.2 Å². The zero-order chi connectivity index (χ0) is 24.1. The summed E-state index contributed by atoms with van der Waals surface area (Å²) in [4.78, 5) is 36.9. The van der Waals surface area contributed by atoms with Crippen LogP contribution in [0.4, 0.5) is 5.69 Å². The molecule has 3 rings (SSSR count). The van der Waals surface area contributed by atoms with Crippen molar-refractivity contribution in [2.24, 2.45) is 0 Å². The van der Waals surface area contributed by atoms with Crippen LogP contribution in [0.2, 0.25) is 0 Å². The molecule has 0 aliphatic carbocycles. The molecule has 1 heterocycles. The van der Waals surface area contributed by atoms with E-state index in [4.69, 9.17) is 21.7 Å². The summed E-state index contributed by atoms with van der Waals surface area (Å²) < 4.78 is 12.0. The van der Waals surface area contributed by atoms with Crippen LogP contribution in [0.15, 0.2) is 54.6 Å². The van der Waals surface area contributed by atoms with E-state index in [0.29, 0.717) is 26.2 Å². The van der Waals surface area contributed by atoms with E-state index in [1.165, 1.54) is 36.3 Å². The number of nitro groups is 1. The van der Waals surface area contributed by atoms with Crippen LogP contribution < -0.4 is 14.8 Å². The van der Waals surface area contributed by atoms with Gasteiger partial charge >= 0.3 is 0 Å². The Hall–Kier alpha value is -3.32. The number of nitrogens with one attached hydrogen (secondary N) is 1. The first kappa shape index (κ1) is 24.3. The molecule has 0 radical (unpaired) electrons. The highest BCUT2D eigenvalue weighted by molar-refractivity contribution is 14.1. The van der Waals surface area contributed by atoms with Crippen LogP contribution in [0.3, 0.4) is 0 Å². The highest BCUT2D eigenvalue weighted by atomic mass is 127. The van der Waals surface area contributed by atoms with Gasteiger partial charge in [-0.2, -0.15) is 0 Å². The maximum absolute atomic E-state index is 12.7. The standard InChI is InChI=1S/C22H18IN3O6S/c1-3-7-25-21(28)16(20(27)24-22(25)33)9-14-10-17(23)19(18(11-14)31-2)32-12-13-5-4-6-15(8-13)26(29)30/h3-6,8-11H,1,7,12H2,2H3,(H,24,27,33)/b16-9+. The molecule has 1 aliphatic rings. The Bertz CT molecular complexity index is 1200. The second-order valence-corrected chi connectivity index (χ2v) is 8.32. The van der Waals surface area contributed by atoms with Gasteiger partial charge in [0, 0.05) is 18.7 Å². The maximum atomic E-state index is 12.7. The monoisotopic (exact) mass is 579 g/mol. The summed E-state index contributed by atoms with van der Waals surface area (Å²) in [5, 5.41) is 13.5. The summed E-state index contributed by atoms with van der Waals surface area (Å²) in [5.74, 6) is -0.309. The Balaban J connectivity index is 1.88. The third-order valence-electron chi connectivity index (χ3n) is 4.56. The molecule has 2 aromatic carbocycles. The lowest BCUT2D eigenvalue weighted by molar-refractivity contribution is -0.384. The van der Waals surface area contributed by atoms with E-state index in [0.717, 1.165) is 0 Å². The lowest BCUT2D eigenvalue weighted by Gasteiger charge is -2.27. The zero-order valence-electron chi connectivity index (χ0n) is 17.4. The van der Waals surface area contributed by atoms with Gasteiger partial charge in [0.25, 0.3) is 17.5 Å². The number of thiocarbonyl (C=S) groups is 1. The minimum atomic E-state index is -0.592. The van der Waals surface area contributed by atoms with Crippen LogP contribution in [0.1, 0.15) is 11.1 Å². The summed E-state index contributed by atoms with van der Waals surface area (Å²) in [6.07, 6.45) is 2.96. The minimum absolute atomic E-state index is 0.0270. The van der Waals surface area contributed by atoms with Crippen LogP contribution in [0.5, 0.6) is 11.5 Å². The molecule has 0 unspecified atom stereocenters. The first-order valence-corrected chi connectivity index (χ1v) is 11.0. The van der Waals surface area contributed by atoms with Crippen molar-refractivity contribution in [2.75, 3.05) is 13.7 Å². The van der Waals surface area contributed by atoms with E-state index < -0.39 is 16.7 Å². The molecule has 1 aliphatic heterocycles. The number of ether oxygens (including phenoxy) is 2. The van der Waals surface area contributed by atoms with Crippen LogP contribution in [-0.2, 0) is 16.2 Å². The molecule has 0 atom stereocenters. The summed E-state index contributed by atoms with van der Waals surface area (Å²) in [6, 6.07) is 9.50. The van der Waals surface area contributed by atoms with E-state index in [1.807, 2.05) is 22.6 Å². The number of benzene rings is 2. The molecule has 0 bridgehead atoms. The van der Waals surface area contributed by atoms with Crippen molar-refractivity contribution in [3.05, 3.63) is 79.4 Å². The predicted octanol–water partition coefficient (Wildman–Crippen LogP) is 3.60. The van der Waals surface area contributed by atoms with Gasteiger partial charge in [-0.15, -0.1) is 6.58 Å². The summed E-state index contributed by atoms with van der Waals surface area (Å²) in [7, 11) is 1.46. The normalized spacial score (nSPS) is 14.8. The van der Waals surface area contributed by atoms with Gasteiger partial charge < -0.3 is 9.47 Å². The summed E-state index contributed by atoms with van der Waals surface area (Å²) in [5.41, 5.74) is 1.06. The van der Waals surface area contributed by atoms with Gasteiger partial charge in [0.05, 0.1) is 15.6 Å². The number of halogens is 1. The molecule has 11 heteroatoms. The summed E-state index contributed by atoms with van der Waals surface area (Å²) in [6.45, 7) is 3.85. The molecule has 9 nitrogen and oxygen atoms in total. The number of nitrogens with zero attached hydrogens (tertiary/aromatic N) is 2.